The number of hydrogen-bond acceptors (Lipinski definition) is 5. The summed E-state index contributed by atoms with van der Waals surface area (Å²) in [5.74, 6) is 0. The summed E-state index contributed by atoms with van der Waals surface area (Å²) >= 11 is 0. The van der Waals surface area contributed by atoms with Gasteiger partial charge in [-0.3, -0.25) is 0 Å². The lowest BCUT2D eigenvalue weighted by Crippen LogP contribution is -2.45. The van der Waals surface area contributed by atoms with Crippen molar-refractivity contribution >= 4 is 17.1 Å². The average molecular weight is 409 g/mol. The number of hydrogen-bond donors (Lipinski definition) is 0. The average Bonchev–Trinajstić information content (AvgIpc) is 3.43. The number of nitrogens with zero attached hydrogens (tertiary/aromatic N) is 4. The molecule has 1 saturated carbocycles. The van der Waals surface area contributed by atoms with Crippen LogP contribution in [0.15, 0.2) is 24.5 Å². The van der Waals surface area contributed by atoms with Crippen molar-refractivity contribution in [3.8, 4) is 6.07 Å². The van der Waals surface area contributed by atoms with Crippen molar-refractivity contribution < 1.29 is 14.3 Å². The predicted molar refractivity (Wildman–Crippen MR) is 111 cm³/mol. The molecule has 1 aliphatic carbocycles. The van der Waals surface area contributed by atoms with Crippen LogP contribution in [0.1, 0.15) is 51.0 Å². The van der Waals surface area contributed by atoms with Gasteiger partial charge in [0.1, 0.15) is 5.60 Å². The molecule has 3 aliphatic rings. The molecule has 1 aromatic carbocycles. The fourth-order valence-corrected chi connectivity index (χ4v) is 5.68. The zero-order chi connectivity index (χ0) is 20.8. The number of carbonyl (C=O) groups is 1. The first-order valence-electron chi connectivity index (χ1n) is 10.9. The van der Waals surface area contributed by atoms with E-state index in [9.17, 15) is 10.1 Å². The molecule has 1 spiro atoms. The third kappa shape index (κ3) is 3.54. The maximum Gasteiger partial charge on any atom is 0.410 e. The zero-order valence-corrected chi connectivity index (χ0v) is 17.5. The molecule has 3 fully saturated rings. The van der Waals surface area contributed by atoms with E-state index in [1.807, 2.05) is 23.4 Å². The number of fused-ring (bicyclic) bond motifs is 1. The van der Waals surface area contributed by atoms with Gasteiger partial charge in [0.2, 0.25) is 0 Å². The number of amides is 1. The van der Waals surface area contributed by atoms with Crippen molar-refractivity contribution in [2.24, 2.45) is 5.41 Å². The molecule has 2 aromatic rings. The Morgan fingerprint density at radius 2 is 2.23 bits per heavy atom. The molecule has 2 aliphatic heterocycles. The molecule has 2 saturated heterocycles. The quantitative estimate of drug-likeness (QED) is 0.767. The summed E-state index contributed by atoms with van der Waals surface area (Å²) in [7, 11) is 0. The molecular formula is C23H28N4O3. The first-order chi connectivity index (χ1) is 14.5. The van der Waals surface area contributed by atoms with E-state index in [2.05, 4.69) is 22.5 Å². The van der Waals surface area contributed by atoms with Gasteiger partial charge in [0.15, 0.2) is 0 Å². The standard InChI is InChI=1S/C23H28N4O3/c1-22(14-27-16-25-19-6-5-17(11-24)10-20(19)27)7-3-8-23(13-22)15-26(21(28)30-23)12-18-4-2-9-29-18/h5-6,10,16,18H,2-4,7-9,12-15H2,1H3/t18-,22-,23-/m0/s1. The predicted octanol–water partition coefficient (Wildman–Crippen LogP) is 3.86. The van der Waals surface area contributed by atoms with Gasteiger partial charge < -0.3 is 18.9 Å². The van der Waals surface area contributed by atoms with Crippen molar-refractivity contribution in [1.29, 1.82) is 5.26 Å². The Hall–Kier alpha value is -2.59. The zero-order valence-electron chi connectivity index (χ0n) is 17.5. The Morgan fingerprint density at radius 1 is 1.33 bits per heavy atom. The van der Waals surface area contributed by atoms with Gasteiger partial charge in [-0.25, -0.2) is 9.78 Å². The highest BCUT2D eigenvalue weighted by molar-refractivity contribution is 5.77. The molecule has 1 amide bonds. The third-order valence-electron chi connectivity index (χ3n) is 6.95. The van der Waals surface area contributed by atoms with Crippen LogP contribution in [-0.2, 0) is 16.0 Å². The van der Waals surface area contributed by atoms with Crippen LogP contribution in [0.25, 0.3) is 11.0 Å². The third-order valence-corrected chi connectivity index (χ3v) is 6.95. The smallest absolute Gasteiger partial charge is 0.410 e. The molecule has 5 rings (SSSR count). The van der Waals surface area contributed by atoms with Crippen LogP contribution in [0.2, 0.25) is 0 Å². The summed E-state index contributed by atoms with van der Waals surface area (Å²) in [6.45, 7) is 5.17. The van der Waals surface area contributed by atoms with Crippen LogP contribution < -0.4 is 0 Å². The molecule has 158 valence electrons. The summed E-state index contributed by atoms with van der Waals surface area (Å²) in [6, 6.07) is 7.82. The molecular weight excluding hydrogens is 380 g/mol. The molecule has 7 nitrogen and oxygen atoms in total. The molecule has 3 atom stereocenters. The molecule has 1 aromatic heterocycles. The number of rotatable bonds is 4. The van der Waals surface area contributed by atoms with Crippen LogP contribution in [0.4, 0.5) is 4.79 Å². The first-order valence-corrected chi connectivity index (χ1v) is 10.9. The largest absolute Gasteiger partial charge is 0.441 e. The number of ether oxygens (including phenoxy) is 2. The second kappa shape index (κ2) is 7.28. The Kier molecular flexibility index (Phi) is 4.70. The second-order valence-electron chi connectivity index (χ2n) is 9.60. The topological polar surface area (TPSA) is 80.4 Å². The summed E-state index contributed by atoms with van der Waals surface area (Å²) in [5.41, 5.74) is 2.12. The minimum absolute atomic E-state index is 0.00528. The second-order valence-corrected chi connectivity index (χ2v) is 9.60. The van der Waals surface area contributed by atoms with E-state index in [1.165, 1.54) is 0 Å². The molecule has 7 heteroatoms. The Bertz CT molecular complexity index is 1010. The van der Waals surface area contributed by atoms with Gasteiger partial charge in [0.25, 0.3) is 0 Å². The summed E-state index contributed by atoms with van der Waals surface area (Å²) in [4.78, 5) is 19.0. The fraction of sp³-hybridized carbons (Fsp3) is 0.609. The van der Waals surface area contributed by atoms with Crippen molar-refractivity contribution in [3.63, 3.8) is 0 Å². The Labute approximate surface area is 176 Å². The van der Waals surface area contributed by atoms with E-state index < -0.39 is 5.60 Å². The number of carbonyl (C=O) groups excluding carboxylic acids is 1. The lowest BCUT2D eigenvalue weighted by molar-refractivity contribution is -0.0271. The maximum atomic E-state index is 12.6. The lowest BCUT2D eigenvalue weighted by atomic mass is 9.68. The Balaban J connectivity index is 1.33. The maximum absolute atomic E-state index is 12.6. The minimum Gasteiger partial charge on any atom is -0.441 e. The monoisotopic (exact) mass is 408 g/mol. The van der Waals surface area contributed by atoms with Crippen LogP contribution in [0, 0.1) is 16.7 Å². The van der Waals surface area contributed by atoms with E-state index in [4.69, 9.17) is 9.47 Å². The van der Waals surface area contributed by atoms with E-state index in [0.717, 1.165) is 62.7 Å². The number of aromatic nitrogens is 2. The molecule has 30 heavy (non-hydrogen) atoms. The molecule has 0 unspecified atom stereocenters. The highest BCUT2D eigenvalue weighted by atomic mass is 16.6. The normalized spacial score (nSPS) is 31.4. The fourth-order valence-electron chi connectivity index (χ4n) is 5.68. The van der Waals surface area contributed by atoms with Crippen molar-refractivity contribution in [3.05, 3.63) is 30.1 Å². The van der Waals surface area contributed by atoms with E-state index in [0.29, 0.717) is 18.7 Å². The van der Waals surface area contributed by atoms with Crippen LogP contribution in [0.5, 0.6) is 0 Å². The van der Waals surface area contributed by atoms with E-state index in [-0.39, 0.29) is 17.6 Å². The SMILES string of the molecule is C[C@]1(Cn2cnc3ccc(C#N)cc32)CCC[C@@]2(CN(C[C@@H]3CCCO3)C(=O)O2)C1. The number of nitriles is 1. The van der Waals surface area contributed by atoms with Gasteiger partial charge in [0.05, 0.1) is 48.2 Å². The minimum atomic E-state index is -0.406. The van der Waals surface area contributed by atoms with Crippen LogP contribution >= 0.6 is 0 Å². The Morgan fingerprint density at radius 3 is 3.03 bits per heavy atom. The number of benzene rings is 1. The summed E-state index contributed by atoms with van der Waals surface area (Å²) < 4.78 is 13.9. The van der Waals surface area contributed by atoms with Gasteiger partial charge in [0, 0.05) is 13.2 Å². The summed E-state index contributed by atoms with van der Waals surface area (Å²) in [5, 5.41) is 9.25. The van der Waals surface area contributed by atoms with Crippen molar-refractivity contribution in [2.75, 3.05) is 19.7 Å². The van der Waals surface area contributed by atoms with Gasteiger partial charge in [-0.05, 0) is 62.1 Å². The molecule has 0 bridgehead atoms. The van der Waals surface area contributed by atoms with Gasteiger partial charge in [-0.1, -0.05) is 6.92 Å². The summed E-state index contributed by atoms with van der Waals surface area (Å²) in [6.07, 6.45) is 7.78. The van der Waals surface area contributed by atoms with Gasteiger partial charge >= 0.3 is 6.09 Å². The molecule has 3 heterocycles. The van der Waals surface area contributed by atoms with E-state index >= 15 is 0 Å². The van der Waals surface area contributed by atoms with Gasteiger partial charge in [-0.2, -0.15) is 5.26 Å². The van der Waals surface area contributed by atoms with Crippen LogP contribution in [-0.4, -0.2) is 51.9 Å². The molecule has 0 N–H and O–H groups in total. The highest BCUT2D eigenvalue weighted by Crippen LogP contribution is 2.47. The lowest BCUT2D eigenvalue weighted by Gasteiger charge is -2.43. The molecule has 0 radical (unpaired) electrons. The highest BCUT2D eigenvalue weighted by Gasteiger charge is 2.51. The van der Waals surface area contributed by atoms with E-state index in [1.54, 1.807) is 6.07 Å². The van der Waals surface area contributed by atoms with Crippen molar-refractivity contribution in [1.82, 2.24) is 14.5 Å². The van der Waals surface area contributed by atoms with Gasteiger partial charge in [-0.15, -0.1) is 0 Å². The van der Waals surface area contributed by atoms with Crippen LogP contribution in [0.3, 0.4) is 0 Å². The number of imidazole rings is 1. The first kappa shape index (κ1) is 19.4. The van der Waals surface area contributed by atoms with Crippen molar-refractivity contribution in [2.45, 2.75) is 63.7 Å².